The van der Waals surface area contributed by atoms with Gasteiger partial charge in [0.1, 0.15) is 4.88 Å². The van der Waals surface area contributed by atoms with Gasteiger partial charge in [-0.3, -0.25) is 15.3 Å². The zero-order chi connectivity index (χ0) is 23.1. The van der Waals surface area contributed by atoms with E-state index in [0.29, 0.717) is 4.88 Å². The minimum atomic E-state index is -1.90. The second-order valence-electron chi connectivity index (χ2n) is 9.54. The first-order valence-electron chi connectivity index (χ1n) is 10.7. The number of anilines is 2. The number of aromatic nitrogens is 1. The molecule has 0 atom stereocenters. The minimum Gasteiger partial charge on any atom is -0.354 e. The summed E-state index contributed by atoms with van der Waals surface area (Å²) in [6, 6.07) is 8.24. The fraction of sp³-hybridized carbons (Fsp3) is 0.333. The summed E-state index contributed by atoms with van der Waals surface area (Å²) in [6.07, 6.45) is 6.55. The summed E-state index contributed by atoms with van der Waals surface area (Å²) in [7, 11) is -0.252. The van der Waals surface area contributed by atoms with Crippen LogP contribution >= 0.6 is 11.3 Å². The Labute approximate surface area is 194 Å². The number of hydrogen-bond acceptors (Lipinski definition) is 6. The number of nitrogens with zero attached hydrogens (tertiary/aromatic N) is 1. The Morgan fingerprint density at radius 3 is 2.72 bits per heavy atom. The number of rotatable bonds is 6. The second kappa shape index (κ2) is 8.35. The molecule has 0 bridgehead atoms. The number of hydrogen-bond donors (Lipinski definition) is 3. The van der Waals surface area contributed by atoms with Crippen molar-refractivity contribution in [2.24, 2.45) is 0 Å². The Balaban J connectivity index is 1.57. The molecule has 8 heteroatoms. The van der Waals surface area contributed by atoms with Gasteiger partial charge in [0.25, 0.3) is 5.91 Å². The summed E-state index contributed by atoms with van der Waals surface area (Å²) in [4.78, 5) is 17.3. The van der Waals surface area contributed by atoms with Crippen molar-refractivity contribution in [3.63, 3.8) is 0 Å². The van der Waals surface area contributed by atoms with Crippen LogP contribution in [0.3, 0.4) is 0 Å². The molecule has 32 heavy (non-hydrogen) atoms. The third kappa shape index (κ3) is 4.17. The van der Waals surface area contributed by atoms with Crippen LogP contribution in [0, 0.1) is 0 Å². The molecule has 3 N–H and O–H groups in total. The summed E-state index contributed by atoms with van der Waals surface area (Å²) >= 11 is 1.44. The normalized spacial score (nSPS) is 13.6. The molecule has 1 amide bonds. The molecule has 0 fully saturated rings. The van der Waals surface area contributed by atoms with Crippen LogP contribution in [0.1, 0.15) is 41.6 Å². The maximum absolute atomic E-state index is 12.5. The monoisotopic (exact) mass is 466 g/mol. The summed E-state index contributed by atoms with van der Waals surface area (Å²) < 4.78 is 7.19. The van der Waals surface area contributed by atoms with E-state index < -0.39 is 8.32 Å². The van der Waals surface area contributed by atoms with E-state index in [9.17, 15) is 4.79 Å². The van der Waals surface area contributed by atoms with Gasteiger partial charge in [-0.25, -0.2) is 0 Å². The average Bonchev–Trinajstić information content (AvgIpc) is 3.32. The average molecular weight is 467 g/mol. The first-order valence-corrected chi connectivity index (χ1v) is 14.5. The van der Waals surface area contributed by atoms with Crippen molar-refractivity contribution in [1.82, 2.24) is 15.8 Å². The number of amides is 1. The van der Waals surface area contributed by atoms with Crippen LogP contribution in [0.5, 0.6) is 0 Å². The number of carbonyl (C=O) groups excluding carboxylic acids is 1. The smallest absolute Gasteiger partial charge is 0.263 e. The molecule has 0 aliphatic heterocycles. The molecular weight excluding hydrogens is 436 g/mol. The minimum absolute atomic E-state index is 0.106. The van der Waals surface area contributed by atoms with Gasteiger partial charge in [-0.2, -0.15) is 0 Å². The number of pyridine rings is 1. The van der Waals surface area contributed by atoms with E-state index in [4.69, 9.17) is 4.53 Å². The number of benzene rings is 1. The van der Waals surface area contributed by atoms with Gasteiger partial charge >= 0.3 is 0 Å². The highest BCUT2D eigenvalue weighted by Crippen LogP contribution is 2.39. The summed E-state index contributed by atoms with van der Waals surface area (Å²) in [5.74, 6) is -0.106. The van der Waals surface area contributed by atoms with E-state index in [0.717, 1.165) is 39.1 Å². The van der Waals surface area contributed by atoms with E-state index in [1.807, 2.05) is 12.1 Å². The quantitative estimate of drug-likeness (QED) is 0.315. The SMILES string of the molecule is CNC(=O)c1sc2cnccc2c1Nc1ccc2c(c1)CC=C2NO[Si](C)(C)C(C)(C)C. The Morgan fingerprint density at radius 1 is 1.22 bits per heavy atom. The van der Waals surface area contributed by atoms with Crippen LogP contribution in [0.25, 0.3) is 15.8 Å². The van der Waals surface area contributed by atoms with Gasteiger partial charge in [0.15, 0.2) is 0 Å². The third-order valence-corrected chi connectivity index (χ3v) is 11.7. The standard InChI is InChI=1S/C24H30N4O2SSi/c1-24(2,3)32(5,6)30-28-19-10-7-15-13-16(8-9-17(15)19)27-21-18-11-12-26-14-20(18)31-22(21)23(29)25-4/h8-14,27-28H,7H2,1-6H3,(H,25,29). The lowest BCUT2D eigenvalue weighted by Gasteiger charge is -2.35. The predicted molar refractivity (Wildman–Crippen MR) is 136 cm³/mol. The maximum atomic E-state index is 12.5. The molecule has 1 aliphatic rings. The van der Waals surface area contributed by atoms with Gasteiger partial charge in [0.05, 0.1) is 16.1 Å². The van der Waals surface area contributed by atoms with Crippen LogP contribution < -0.4 is 16.1 Å². The van der Waals surface area contributed by atoms with E-state index in [1.54, 1.807) is 19.4 Å². The number of allylic oxidation sites excluding steroid dienone is 1. The van der Waals surface area contributed by atoms with Crippen LogP contribution in [-0.2, 0) is 10.9 Å². The largest absolute Gasteiger partial charge is 0.354 e. The fourth-order valence-corrected chi connectivity index (χ4v) is 5.09. The molecule has 1 aliphatic carbocycles. The van der Waals surface area contributed by atoms with Crippen molar-refractivity contribution in [3.05, 3.63) is 58.7 Å². The zero-order valence-electron chi connectivity index (χ0n) is 19.4. The van der Waals surface area contributed by atoms with E-state index in [-0.39, 0.29) is 10.9 Å². The Morgan fingerprint density at radius 2 is 2.00 bits per heavy atom. The highest BCUT2D eigenvalue weighted by atomic mass is 32.1. The highest BCUT2D eigenvalue weighted by molar-refractivity contribution is 7.21. The first kappa shape index (κ1) is 22.5. The molecule has 2 aromatic heterocycles. The molecule has 0 unspecified atom stereocenters. The Kier molecular flexibility index (Phi) is 5.87. The lowest BCUT2D eigenvalue weighted by molar-refractivity contribution is 0.0968. The third-order valence-electron chi connectivity index (χ3n) is 6.34. The summed E-state index contributed by atoms with van der Waals surface area (Å²) in [6.45, 7) is 11.1. The molecule has 6 nitrogen and oxygen atoms in total. The predicted octanol–water partition coefficient (Wildman–Crippen LogP) is 5.82. The fourth-order valence-electron chi connectivity index (χ4n) is 3.35. The van der Waals surface area contributed by atoms with Gasteiger partial charge in [0, 0.05) is 36.1 Å². The molecule has 0 radical (unpaired) electrons. The molecule has 0 spiro atoms. The van der Waals surface area contributed by atoms with Crippen LogP contribution in [-0.4, -0.2) is 26.3 Å². The van der Waals surface area contributed by atoms with Gasteiger partial charge in [-0.1, -0.05) is 32.9 Å². The van der Waals surface area contributed by atoms with Crippen molar-refractivity contribution in [2.75, 3.05) is 12.4 Å². The van der Waals surface area contributed by atoms with E-state index >= 15 is 0 Å². The van der Waals surface area contributed by atoms with Crippen molar-refractivity contribution in [1.29, 1.82) is 0 Å². The molecule has 3 aromatic rings. The number of nitrogens with one attached hydrogen (secondary N) is 3. The van der Waals surface area contributed by atoms with Crippen LogP contribution in [0.2, 0.25) is 18.1 Å². The summed E-state index contributed by atoms with van der Waals surface area (Å²) in [5, 5.41) is 7.35. The molecule has 2 heterocycles. The second-order valence-corrected chi connectivity index (χ2v) is 15.3. The van der Waals surface area contributed by atoms with Gasteiger partial charge in [-0.15, -0.1) is 11.3 Å². The lowest BCUT2D eigenvalue weighted by atomic mass is 10.1. The molecular formula is C24H30N4O2SSi. The topological polar surface area (TPSA) is 75.3 Å². The lowest BCUT2D eigenvalue weighted by Crippen LogP contribution is -2.44. The van der Waals surface area contributed by atoms with Gasteiger partial charge in [-0.05, 0) is 48.3 Å². The molecule has 168 valence electrons. The summed E-state index contributed by atoms with van der Waals surface area (Å²) in [5.41, 5.74) is 8.41. The van der Waals surface area contributed by atoms with Crippen molar-refractivity contribution < 1.29 is 9.32 Å². The molecule has 1 aromatic carbocycles. The zero-order valence-corrected chi connectivity index (χ0v) is 21.2. The van der Waals surface area contributed by atoms with Gasteiger partial charge < -0.3 is 15.2 Å². The maximum Gasteiger partial charge on any atom is 0.263 e. The molecule has 0 saturated carbocycles. The Bertz CT molecular complexity index is 1210. The number of carbonyl (C=O) groups is 1. The van der Waals surface area contributed by atoms with Crippen LogP contribution in [0.15, 0.2) is 42.7 Å². The highest BCUT2D eigenvalue weighted by Gasteiger charge is 2.38. The first-order chi connectivity index (χ1) is 15.1. The van der Waals surface area contributed by atoms with E-state index in [1.165, 1.54) is 16.9 Å². The molecule has 0 saturated heterocycles. The van der Waals surface area contributed by atoms with Crippen molar-refractivity contribution >= 4 is 52.7 Å². The molecule has 4 rings (SSSR count). The Hall–Kier alpha value is -2.68. The van der Waals surface area contributed by atoms with Crippen molar-refractivity contribution in [2.45, 2.75) is 45.3 Å². The van der Waals surface area contributed by atoms with Gasteiger partial charge in [0.2, 0.25) is 8.32 Å². The number of fused-ring (bicyclic) bond motifs is 2. The van der Waals surface area contributed by atoms with E-state index in [2.05, 4.69) is 73.2 Å². The van der Waals surface area contributed by atoms with Crippen molar-refractivity contribution in [3.8, 4) is 0 Å². The number of thiophene rings is 1. The van der Waals surface area contributed by atoms with Crippen LogP contribution in [0.4, 0.5) is 11.4 Å². The number of hydroxylamine groups is 1.